The zero-order valence-corrected chi connectivity index (χ0v) is 10.2. The standard InChI is InChI=1S/C10H13N5O5/c11-8-5-9(13-2-12-8)15(19,3-14-5)10-7(18)6(17)4(1-16)20-10/h2-4,6-7,10,16-18H,1H2,(H2,11,12,13). The molecule has 10 nitrogen and oxygen atoms in total. The molecule has 1 fully saturated rings. The number of aromatic nitrogens is 2. The maximum Gasteiger partial charge on any atom is 0.267 e. The lowest BCUT2D eigenvalue weighted by Gasteiger charge is -2.38. The molecule has 2 aliphatic rings. The predicted molar refractivity (Wildman–Crippen MR) is 67.5 cm³/mol. The van der Waals surface area contributed by atoms with Gasteiger partial charge in [0.1, 0.15) is 18.5 Å². The lowest BCUT2D eigenvalue weighted by atomic mass is 10.1. The van der Waals surface area contributed by atoms with Gasteiger partial charge in [-0.15, -0.1) is 0 Å². The molecule has 0 saturated carbocycles. The number of anilines is 1. The first-order valence-corrected chi connectivity index (χ1v) is 5.87. The van der Waals surface area contributed by atoms with Gasteiger partial charge in [0.15, 0.2) is 23.9 Å². The molecule has 1 aromatic heterocycles. The molecule has 0 radical (unpaired) electrons. The van der Waals surface area contributed by atoms with E-state index in [4.69, 9.17) is 15.6 Å². The zero-order valence-electron chi connectivity index (χ0n) is 10.2. The highest BCUT2D eigenvalue weighted by Gasteiger charge is 2.53. The van der Waals surface area contributed by atoms with E-state index >= 15 is 0 Å². The van der Waals surface area contributed by atoms with Gasteiger partial charge in [-0.3, -0.25) is 0 Å². The molecule has 0 aliphatic carbocycles. The average molecular weight is 283 g/mol. The maximum absolute atomic E-state index is 12.9. The van der Waals surface area contributed by atoms with Crippen molar-refractivity contribution < 1.29 is 20.1 Å². The first-order chi connectivity index (χ1) is 9.49. The number of aliphatic imine (C=N–C) groups is 1. The fraction of sp³-hybridized carbons (Fsp3) is 0.500. The Morgan fingerprint density at radius 2 is 2.10 bits per heavy atom. The monoisotopic (exact) mass is 283 g/mol. The van der Waals surface area contributed by atoms with Gasteiger partial charge >= 0.3 is 0 Å². The summed E-state index contributed by atoms with van der Waals surface area (Å²) in [6, 6.07) is 0. The third-order valence-electron chi connectivity index (χ3n) is 3.42. The van der Waals surface area contributed by atoms with Gasteiger partial charge in [0.25, 0.3) is 5.82 Å². The van der Waals surface area contributed by atoms with Crippen LogP contribution in [0.4, 0.5) is 17.3 Å². The average Bonchev–Trinajstić information content (AvgIpc) is 2.92. The largest absolute Gasteiger partial charge is 0.618 e. The minimum atomic E-state index is -1.49. The van der Waals surface area contributed by atoms with Crippen LogP contribution in [0.2, 0.25) is 0 Å². The van der Waals surface area contributed by atoms with E-state index in [0.29, 0.717) is 0 Å². The summed E-state index contributed by atoms with van der Waals surface area (Å²) in [6.07, 6.45) is -3.22. The fourth-order valence-corrected chi connectivity index (χ4v) is 2.34. The van der Waals surface area contributed by atoms with Crippen molar-refractivity contribution in [2.75, 3.05) is 12.3 Å². The zero-order chi connectivity index (χ0) is 14.5. The summed E-state index contributed by atoms with van der Waals surface area (Å²) >= 11 is 0. The summed E-state index contributed by atoms with van der Waals surface area (Å²) in [5.74, 6) is -0.0406. The molecule has 1 saturated heterocycles. The maximum atomic E-state index is 12.9. The first kappa shape index (κ1) is 13.3. The quantitative estimate of drug-likeness (QED) is 0.357. The molecular weight excluding hydrogens is 270 g/mol. The van der Waals surface area contributed by atoms with E-state index in [9.17, 15) is 15.4 Å². The number of rotatable bonds is 2. The van der Waals surface area contributed by atoms with Crippen molar-refractivity contribution in [1.82, 2.24) is 14.6 Å². The van der Waals surface area contributed by atoms with E-state index < -0.39 is 35.8 Å². The predicted octanol–water partition coefficient (Wildman–Crippen LogP) is -2.02. The van der Waals surface area contributed by atoms with Crippen LogP contribution in [0.1, 0.15) is 0 Å². The number of hydrogen-bond acceptors (Lipinski definition) is 9. The van der Waals surface area contributed by atoms with Crippen LogP contribution < -0.4 is 10.4 Å². The Morgan fingerprint density at radius 1 is 1.35 bits per heavy atom. The van der Waals surface area contributed by atoms with Gasteiger partial charge in [-0.25, -0.2) is 9.63 Å². The van der Waals surface area contributed by atoms with E-state index in [2.05, 4.69) is 15.0 Å². The number of nitrogens with zero attached hydrogens (tertiary/aromatic N) is 4. The summed E-state index contributed by atoms with van der Waals surface area (Å²) in [6.45, 7) is -0.523. The Morgan fingerprint density at radius 3 is 2.75 bits per heavy atom. The number of aliphatic hydroxyl groups is 3. The summed E-state index contributed by atoms with van der Waals surface area (Å²) < 4.78 is 3.91. The summed E-state index contributed by atoms with van der Waals surface area (Å²) in [5, 5.41) is 41.6. The van der Waals surface area contributed by atoms with Gasteiger partial charge in [-0.1, -0.05) is 0 Å². The van der Waals surface area contributed by atoms with Crippen LogP contribution >= 0.6 is 0 Å². The van der Waals surface area contributed by atoms with E-state index in [0.717, 1.165) is 12.7 Å². The number of nitrogens with two attached hydrogens (primary N) is 1. The lowest BCUT2D eigenvalue weighted by Crippen LogP contribution is -2.55. The van der Waals surface area contributed by atoms with Crippen LogP contribution in [0.5, 0.6) is 0 Å². The molecule has 0 amide bonds. The minimum absolute atomic E-state index is 0.0360. The third-order valence-corrected chi connectivity index (χ3v) is 3.42. The van der Waals surface area contributed by atoms with E-state index in [1.807, 2.05) is 0 Å². The molecule has 5 unspecified atom stereocenters. The van der Waals surface area contributed by atoms with Gasteiger partial charge in [0.2, 0.25) is 6.23 Å². The smallest absolute Gasteiger partial charge is 0.267 e. The molecule has 1 aromatic rings. The van der Waals surface area contributed by atoms with Crippen molar-refractivity contribution in [3.63, 3.8) is 0 Å². The number of hydroxylamine groups is 2. The molecule has 3 heterocycles. The highest BCUT2D eigenvalue weighted by Crippen LogP contribution is 2.42. The third kappa shape index (κ3) is 1.64. The molecule has 5 N–H and O–H groups in total. The van der Waals surface area contributed by atoms with Gasteiger partial charge < -0.3 is 31.0 Å². The molecule has 20 heavy (non-hydrogen) atoms. The Bertz CT molecular complexity index is 569. The van der Waals surface area contributed by atoms with E-state index in [-0.39, 0.29) is 17.3 Å². The van der Waals surface area contributed by atoms with Gasteiger partial charge in [0.05, 0.1) is 6.61 Å². The number of quaternary nitrogens is 1. The SMILES string of the molecule is Nc1ncnc2c1N=C[N+]2([O-])C1OC(CO)C(O)C1O. The molecule has 0 aromatic carbocycles. The topological polar surface area (TPSA) is 157 Å². The van der Waals surface area contributed by atoms with Crippen molar-refractivity contribution >= 4 is 23.7 Å². The van der Waals surface area contributed by atoms with E-state index in [1.54, 1.807) is 0 Å². The second kappa shape index (κ2) is 4.41. The Balaban J connectivity index is 2.01. The van der Waals surface area contributed by atoms with Gasteiger partial charge in [0, 0.05) is 0 Å². The Labute approximate surface area is 112 Å². The number of nitrogen functional groups attached to an aromatic ring is 1. The summed E-state index contributed by atoms with van der Waals surface area (Å²) in [7, 11) is 0. The van der Waals surface area contributed by atoms with Gasteiger partial charge in [-0.2, -0.15) is 9.98 Å². The number of hydrogen-bond donors (Lipinski definition) is 4. The van der Waals surface area contributed by atoms with Crippen LogP contribution in [-0.2, 0) is 4.74 Å². The van der Waals surface area contributed by atoms with Gasteiger partial charge in [-0.05, 0) is 0 Å². The van der Waals surface area contributed by atoms with Crippen LogP contribution in [0, 0.1) is 5.21 Å². The normalized spacial score (nSPS) is 39.2. The van der Waals surface area contributed by atoms with Crippen LogP contribution in [0.15, 0.2) is 11.3 Å². The van der Waals surface area contributed by atoms with Crippen molar-refractivity contribution in [3.8, 4) is 0 Å². The highest BCUT2D eigenvalue weighted by atomic mass is 16.7. The fourth-order valence-electron chi connectivity index (χ4n) is 2.34. The Kier molecular flexibility index (Phi) is 2.93. The number of fused-ring (bicyclic) bond motifs is 1. The van der Waals surface area contributed by atoms with Crippen LogP contribution in [0.3, 0.4) is 0 Å². The summed E-state index contributed by atoms with van der Waals surface area (Å²) in [5.41, 5.74) is 5.71. The molecular formula is C10H13N5O5. The molecule has 108 valence electrons. The molecule has 0 spiro atoms. The molecule has 0 bridgehead atoms. The van der Waals surface area contributed by atoms with Crippen molar-refractivity contribution in [2.24, 2.45) is 4.99 Å². The highest BCUT2D eigenvalue weighted by molar-refractivity contribution is 5.91. The lowest BCUT2D eigenvalue weighted by molar-refractivity contribution is -0.0548. The second-order valence-corrected chi connectivity index (χ2v) is 4.61. The molecule has 3 rings (SSSR count). The van der Waals surface area contributed by atoms with Crippen molar-refractivity contribution in [2.45, 2.75) is 24.5 Å². The van der Waals surface area contributed by atoms with E-state index in [1.165, 1.54) is 0 Å². The second-order valence-electron chi connectivity index (χ2n) is 4.61. The minimum Gasteiger partial charge on any atom is -0.618 e. The van der Waals surface area contributed by atoms with Crippen LogP contribution in [-0.4, -0.2) is 62.8 Å². The molecule has 5 atom stereocenters. The molecule has 2 aliphatic heterocycles. The Hall–Kier alpha value is -1.69. The summed E-state index contributed by atoms with van der Waals surface area (Å²) in [4.78, 5) is 11.4. The molecule has 10 heteroatoms. The number of aliphatic hydroxyl groups excluding tert-OH is 3. The van der Waals surface area contributed by atoms with Crippen molar-refractivity contribution in [3.05, 3.63) is 11.5 Å². The number of ether oxygens (including phenoxy) is 1. The van der Waals surface area contributed by atoms with Crippen molar-refractivity contribution in [1.29, 1.82) is 0 Å². The van der Waals surface area contributed by atoms with Crippen LogP contribution in [0.25, 0.3) is 0 Å². The first-order valence-electron chi connectivity index (χ1n) is 5.87.